The third-order valence-corrected chi connectivity index (χ3v) is 12.4. The van der Waals surface area contributed by atoms with E-state index in [0.717, 1.165) is 85.1 Å². The number of aryl methyl sites for hydroxylation is 3. The van der Waals surface area contributed by atoms with Crippen molar-refractivity contribution >= 4 is 28.4 Å². The lowest BCUT2D eigenvalue weighted by Crippen LogP contribution is -2.27. The Bertz CT molecular complexity index is 2860. The van der Waals surface area contributed by atoms with Gasteiger partial charge in [-0.3, -0.25) is 0 Å². The Balaban J connectivity index is 1.28. The van der Waals surface area contributed by atoms with Crippen LogP contribution >= 0.6 is 0 Å². The van der Waals surface area contributed by atoms with Gasteiger partial charge in [-0.25, -0.2) is 0 Å². The van der Waals surface area contributed by atoms with Gasteiger partial charge in [0.15, 0.2) is 0 Å². The highest BCUT2D eigenvalue weighted by molar-refractivity contribution is 5.98. The summed E-state index contributed by atoms with van der Waals surface area (Å²) in [6, 6.07) is 57.1. The molecule has 282 valence electrons. The zero-order chi connectivity index (χ0) is 40.4. The van der Waals surface area contributed by atoms with Crippen LogP contribution in [0.3, 0.4) is 0 Å². The lowest BCUT2D eigenvalue weighted by Gasteiger charge is -2.34. The number of fused-ring (bicyclic) bond motifs is 10. The first-order chi connectivity index (χ1) is 28.8. The van der Waals surface area contributed by atoms with Crippen molar-refractivity contribution in [1.82, 2.24) is 0 Å². The molecule has 0 saturated heterocycles. The highest BCUT2D eigenvalue weighted by atomic mass is 15.2. The largest absolute Gasteiger partial charge is 0.311 e. The molecule has 3 aliphatic rings. The maximum Gasteiger partial charge on any atom is 0.0991 e. The second kappa shape index (κ2) is 13.9. The van der Waals surface area contributed by atoms with Crippen LogP contribution in [0.25, 0.3) is 22.3 Å². The van der Waals surface area contributed by atoms with Gasteiger partial charge < -0.3 is 9.80 Å². The number of hydrogen-bond acceptors (Lipinski definition) is 4. The Morgan fingerprint density at radius 1 is 0.475 bits per heavy atom. The van der Waals surface area contributed by atoms with Crippen molar-refractivity contribution < 1.29 is 0 Å². The second-order valence-electron chi connectivity index (χ2n) is 16.3. The van der Waals surface area contributed by atoms with Crippen LogP contribution in [-0.2, 0) is 5.41 Å². The standard InChI is InChI=1S/C55H42N4/c1-35-5-15-41(16-6-35)58(42-17-7-36(2)8-18-42)45-23-27-49-50-28-24-46(59(43-19-9-37(3)10-20-43)44-21-11-38(4)12-22-44)32-54(50)55(53(49)31-45)51-29-39(33-56)13-25-47(51)48-26-14-40(34-57)30-52(48)55/h5-11,13-32,38H,12H2,1-4H3. The number of allylic oxidation sites excluding steroid dienone is 3. The molecule has 1 spiro atoms. The minimum atomic E-state index is -0.822. The Hall–Kier alpha value is -7.40. The molecular formula is C55H42N4. The molecule has 0 aromatic heterocycles. The molecule has 1 unspecified atom stereocenters. The SMILES string of the molecule is Cc1ccc(N(C2=CCC(C)C=C2)c2ccc3c(c2)C2(c4cc(C#N)ccc4-c4ccc(C#N)cc42)c2cc(N(c4ccc(C)cc4)c4ccc(C)cc4)ccc2-3)cc1. The minimum absolute atomic E-state index is 0.472. The summed E-state index contributed by atoms with van der Waals surface area (Å²) in [5.74, 6) is 0.472. The van der Waals surface area contributed by atoms with E-state index in [1.165, 1.54) is 16.7 Å². The fourth-order valence-electron chi connectivity index (χ4n) is 9.48. The summed E-state index contributed by atoms with van der Waals surface area (Å²) in [7, 11) is 0. The predicted octanol–water partition coefficient (Wildman–Crippen LogP) is 13.8. The summed E-state index contributed by atoms with van der Waals surface area (Å²) >= 11 is 0. The van der Waals surface area contributed by atoms with Gasteiger partial charge in [-0.2, -0.15) is 10.5 Å². The molecule has 4 nitrogen and oxygen atoms in total. The maximum atomic E-state index is 10.4. The molecule has 1 atom stereocenters. The van der Waals surface area contributed by atoms with E-state index in [4.69, 9.17) is 0 Å². The molecule has 3 aliphatic carbocycles. The molecule has 0 bridgehead atoms. The molecule has 0 amide bonds. The number of nitrogens with zero attached hydrogens (tertiary/aromatic N) is 4. The van der Waals surface area contributed by atoms with E-state index >= 15 is 0 Å². The van der Waals surface area contributed by atoms with Crippen LogP contribution in [0, 0.1) is 49.4 Å². The van der Waals surface area contributed by atoms with E-state index in [1.807, 2.05) is 12.1 Å². The molecule has 0 saturated carbocycles. The molecule has 7 aromatic carbocycles. The lowest BCUT2D eigenvalue weighted by molar-refractivity contribution is 0.728. The maximum absolute atomic E-state index is 10.4. The van der Waals surface area contributed by atoms with Crippen molar-refractivity contribution in [1.29, 1.82) is 10.5 Å². The van der Waals surface area contributed by atoms with E-state index in [1.54, 1.807) is 0 Å². The van der Waals surface area contributed by atoms with E-state index in [0.29, 0.717) is 17.0 Å². The van der Waals surface area contributed by atoms with Gasteiger partial charge in [-0.15, -0.1) is 0 Å². The van der Waals surface area contributed by atoms with Crippen LogP contribution in [0.15, 0.2) is 170 Å². The third kappa shape index (κ3) is 5.72. The first-order valence-corrected chi connectivity index (χ1v) is 20.3. The molecule has 4 heteroatoms. The molecule has 0 N–H and O–H groups in total. The molecule has 0 radical (unpaired) electrons. The van der Waals surface area contributed by atoms with Gasteiger partial charge in [0.25, 0.3) is 0 Å². The second-order valence-corrected chi connectivity index (χ2v) is 16.3. The van der Waals surface area contributed by atoms with Gasteiger partial charge in [0.1, 0.15) is 0 Å². The highest BCUT2D eigenvalue weighted by Gasteiger charge is 2.52. The van der Waals surface area contributed by atoms with Crippen molar-refractivity contribution in [3.63, 3.8) is 0 Å². The van der Waals surface area contributed by atoms with Gasteiger partial charge in [-0.1, -0.05) is 96.4 Å². The Labute approximate surface area is 346 Å². The predicted molar refractivity (Wildman–Crippen MR) is 241 cm³/mol. The van der Waals surface area contributed by atoms with E-state index in [9.17, 15) is 10.5 Å². The zero-order valence-corrected chi connectivity index (χ0v) is 33.7. The van der Waals surface area contributed by atoms with Crippen molar-refractivity contribution in [2.24, 2.45) is 5.92 Å². The van der Waals surface area contributed by atoms with Crippen LogP contribution < -0.4 is 9.80 Å². The smallest absolute Gasteiger partial charge is 0.0991 e. The minimum Gasteiger partial charge on any atom is -0.311 e. The monoisotopic (exact) mass is 758 g/mol. The summed E-state index contributed by atoms with van der Waals surface area (Å²) in [6.45, 7) is 8.61. The first-order valence-electron chi connectivity index (χ1n) is 20.3. The first kappa shape index (κ1) is 36.0. The molecule has 59 heavy (non-hydrogen) atoms. The topological polar surface area (TPSA) is 54.1 Å². The number of hydrogen-bond donors (Lipinski definition) is 0. The summed E-state index contributed by atoms with van der Waals surface area (Å²) < 4.78 is 0. The quantitative estimate of drug-likeness (QED) is 0.169. The third-order valence-electron chi connectivity index (χ3n) is 12.4. The van der Waals surface area contributed by atoms with Crippen LogP contribution in [0.1, 0.15) is 63.4 Å². The van der Waals surface area contributed by atoms with Crippen LogP contribution in [-0.4, -0.2) is 0 Å². The van der Waals surface area contributed by atoms with Crippen LogP contribution in [0.5, 0.6) is 0 Å². The van der Waals surface area contributed by atoms with Gasteiger partial charge in [-0.05, 0) is 169 Å². The molecule has 0 aliphatic heterocycles. The average Bonchev–Trinajstić information content (AvgIpc) is 3.72. The normalized spacial score (nSPS) is 15.0. The molecule has 10 rings (SSSR count). The molecular weight excluding hydrogens is 717 g/mol. The summed E-state index contributed by atoms with van der Waals surface area (Å²) in [5, 5.41) is 20.8. The van der Waals surface area contributed by atoms with Crippen molar-refractivity contribution in [3.8, 4) is 34.4 Å². The fourth-order valence-corrected chi connectivity index (χ4v) is 9.48. The van der Waals surface area contributed by atoms with E-state index < -0.39 is 5.41 Å². The summed E-state index contributed by atoms with van der Waals surface area (Å²) in [4.78, 5) is 4.70. The van der Waals surface area contributed by atoms with Crippen molar-refractivity contribution in [2.75, 3.05) is 9.80 Å². The summed E-state index contributed by atoms with van der Waals surface area (Å²) in [6.07, 6.45) is 7.86. The number of rotatable bonds is 6. The Morgan fingerprint density at radius 3 is 1.25 bits per heavy atom. The highest BCUT2D eigenvalue weighted by Crippen LogP contribution is 2.64. The molecule has 7 aromatic rings. The fraction of sp³-hybridized carbons (Fsp3) is 0.127. The van der Waals surface area contributed by atoms with Gasteiger partial charge in [0.2, 0.25) is 0 Å². The number of nitriles is 2. The lowest BCUT2D eigenvalue weighted by atomic mass is 9.70. The number of benzene rings is 7. The Kier molecular flexibility index (Phi) is 8.48. The average molecular weight is 759 g/mol. The Morgan fingerprint density at radius 2 is 0.847 bits per heavy atom. The van der Waals surface area contributed by atoms with Gasteiger partial charge in [0.05, 0.1) is 28.7 Å². The van der Waals surface area contributed by atoms with Crippen LogP contribution in [0.2, 0.25) is 0 Å². The van der Waals surface area contributed by atoms with Crippen LogP contribution in [0.4, 0.5) is 28.4 Å². The van der Waals surface area contributed by atoms with Gasteiger partial charge >= 0.3 is 0 Å². The van der Waals surface area contributed by atoms with Gasteiger partial charge in [0, 0.05) is 34.1 Å². The molecule has 0 heterocycles. The van der Waals surface area contributed by atoms with E-state index in [2.05, 4.69) is 201 Å². The van der Waals surface area contributed by atoms with E-state index in [-0.39, 0.29) is 0 Å². The van der Waals surface area contributed by atoms with Crippen molar-refractivity contribution in [2.45, 2.75) is 39.5 Å². The summed E-state index contributed by atoms with van der Waals surface area (Å²) in [5.41, 5.74) is 19.2. The molecule has 0 fully saturated rings. The zero-order valence-electron chi connectivity index (χ0n) is 33.7. The number of anilines is 5. The van der Waals surface area contributed by atoms with Crippen molar-refractivity contribution in [3.05, 3.63) is 220 Å².